The molecule has 0 radical (unpaired) electrons. The lowest BCUT2D eigenvalue weighted by Crippen LogP contribution is -2.14. The molecule has 0 fully saturated rings. The molecule has 0 unspecified atom stereocenters. The molecule has 0 amide bonds. The van der Waals surface area contributed by atoms with Crippen LogP contribution < -0.4 is 4.74 Å². The zero-order chi connectivity index (χ0) is 19.7. The van der Waals surface area contributed by atoms with E-state index in [1.165, 1.54) is 6.07 Å². The summed E-state index contributed by atoms with van der Waals surface area (Å²) in [4.78, 5) is 15.5. The first-order chi connectivity index (χ1) is 13.6. The van der Waals surface area contributed by atoms with Crippen LogP contribution in [-0.4, -0.2) is 23.7 Å². The summed E-state index contributed by atoms with van der Waals surface area (Å²) in [7, 11) is 1.58. The Morgan fingerprint density at radius 1 is 1.18 bits per heavy atom. The van der Waals surface area contributed by atoms with Crippen LogP contribution in [0.4, 0.5) is 8.78 Å². The first-order valence-corrected chi connectivity index (χ1v) is 8.93. The number of hydrogen-bond acceptors (Lipinski definition) is 3. The van der Waals surface area contributed by atoms with Gasteiger partial charge in [0.15, 0.2) is 6.29 Å². The topological polar surface area (TPSA) is 43.6 Å². The van der Waals surface area contributed by atoms with Crippen molar-refractivity contribution in [3.8, 4) is 17.0 Å². The monoisotopic (exact) mass is 380 g/mol. The third-order valence-corrected chi connectivity index (χ3v) is 4.85. The summed E-state index contributed by atoms with van der Waals surface area (Å²) in [5, 5.41) is 0.848. The average molecular weight is 380 g/mol. The Bertz CT molecular complexity index is 1130. The molecule has 142 valence electrons. The van der Waals surface area contributed by atoms with Gasteiger partial charge in [0.1, 0.15) is 17.4 Å². The number of carbonyl (C=O) groups excluding carboxylic acids is 1. The minimum absolute atomic E-state index is 0.178. The Balaban J connectivity index is 1.89. The van der Waals surface area contributed by atoms with Crippen LogP contribution in [0.5, 0.6) is 5.75 Å². The number of halogens is 2. The van der Waals surface area contributed by atoms with E-state index in [0.29, 0.717) is 30.1 Å². The van der Waals surface area contributed by atoms with Gasteiger partial charge in [0.2, 0.25) is 0 Å². The molecule has 4 rings (SSSR count). The Kier molecular flexibility index (Phi) is 4.77. The largest absolute Gasteiger partial charge is 0.497 e. The fourth-order valence-electron chi connectivity index (χ4n) is 3.51. The van der Waals surface area contributed by atoms with Gasteiger partial charge < -0.3 is 9.30 Å². The van der Waals surface area contributed by atoms with Crippen LogP contribution in [0.15, 0.2) is 59.2 Å². The zero-order valence-corrected chi connectivity index (χ0v) is 15.3. The number of hydrogen-bond donors (Lipinski definition) is 0. The van der Waals surface area contributed by atoms with Crippen molar-refractivity contribution in [2.24, 2.45) is 4.99 Å². The van der Waals surface area contributed by atoms with Crippen molar-refractivity contribution in [3.63, 3.8) is 0 Å². The van der Waals surface area contributed by atoms with E-state index in [-0.39, 0.29) is 5.56 Å². The van der Waals surface area contributed by atoms with Crippen LogP contribution in [0, 0.1) is 11.6 Å². The molecule has 2 heterocycles. The van der Waals surface area contributed by atoms with Gasteiger partial charge in [-0.05, 0) is 55.3 Å². The predicted molar refractivity (Wildman–Crippen MR) is 105 cm³/mol. The van der Waals surface area contributed by atoms with Crippen molar-refractivity contribution in [3.05, 3.63) is 65.9 Å². The number of allylic oxidation sites excluding steroid dienone is 2. The van der Waals surface area contributed by atoms with Gasteiger partial charge in [-0.15, -0.1) is 0 Å². The van der Waals surface area contributed by atoms with Crippen LogP contribution in [-0.2, 0) is 11.3 Å². The minimum Gasteiger partial charge on any atom is -0.497 e. The van der Waals surface area contributed by atoms with Gasteiger partial charge >= 0.3 is 0 Å². The van der Waals surface area contributed by atoms with Gasteiger partial charge in [-0.2, -0.15) is 0 Å². The molecule has 3 aromatic rings. The number of ether oxygens (including phenoxy) is 1. The number of nitrogens with zero attached hydrogens (tertiary/aromatic N) is 2. The lowest BCUT2D eigenvalue weighted by atomic mass is 10.1. The first-order valence-electron chi connectivity index (χ1n) is 8.93. The molecule has 1 aromatic heterocycles. The van der Waals surface area contributed by atoms with E-state index < -0.39 is 11.6 Å². The van der Waals surface area contributed by atoms with Gasteiger partial charge in [0.25, 0.3) is 0 Å². The van der Waals surface area contributed by atoms with Crippen LogP contribution >= 0.6 is 0 Å². The number of fused-ring (bicyclic) bond motifs is 1. The molecule has 0 saturated heterocycles. The van der Waals surface area contributed by atoms with Crippen molar-refractivity contribution in [2.75, 3.05) is 7.11 Å². The molecule has 28 heavy (non-hydrogen) atoms. The predicted octanol–water partition coefficient (Wildman–Crippen LogP) is 4.91. The van der Waals surface area contributed by atoms with E-state index in [1.54, 1.807) is 13.2 Å². The molecule has 0 spiro atoms. The summed E-state index contributed by atoms with van der Waals surface area (Å²) >= 11 is 0. The SMILES string of the molecule is COc1ccc2c(c1)cc(-c1cc(F)ccc1F)n2CC1=NC(C=O)=CCC1. The molecule has 0 saturated carbocycles. The van der Waals surface area contributed by atoms with E-state index in [4.69, 9.17) is 4.74 Å². The molecule has 4 nitrogen and oxygen atoms in total. The van der Waals surface area contributed by atoms with E-state index in [9.17, 15) is 13.6 Å². The average Bonchev–Trinajstić information content (AvgIpc) is 3.07. The quantitative estimate of drug-likeness (QED) is 0.590. The molecular weight excluding hydrogens is 362 g/mol. The number of rotatable bonds is 5. The highest BCUT2D eigenvalue weighted by Crippen LogP contribution is 2.33. The summed E-state index contributed by atoms with van der Waals surface area (Å²) in [6.07, 6.45) is 3.95. The Labute approximate surface area is 160 Å². The van der Waals surface area contributed by atoms with Crippen LogP contribution in [0.25, 0.3) is 22.2 Å². The number of benzene rings is 2. The third kappa shape index (κ3) is 3.33. The highest BCUT2D eigenvalue weighted by molar-refractivity contribution is 5.94. The summed E-state index contributed by atoms with van der Waals surface area (Å²) < 4.78 is 35.5. The van der Waals surface area contributed by atoms with Gasteiger partial charge in [0.05, 0.1) is 25.0 Å². The molecule has 0 N–H and O–H groups in total. The van der Waals surface area contributed by atoms with Gasteiger partial charge in [-0.25, -0.2) is 8.78 Å². The first kappa shape index (κ1) is 18.1. The summed E-state index contributed by atoms with van der Waals surface area (Å²) in [6, 6.07) is 10.8. The minimum atomic E-state index is -0.507. The molecule has 2 aromatic carbocycles. The smallest absolute Gasteiger partial charge is 0.168 e. The Hall–Kier alpha value is -3.28. The zero-order valence-electron chi connectivity index (χ0n) is 15.3. The number of methoxy groups -OCH3 is 1. The van der Waals surface area contributed by atoms with Crippen molar-refractivity contribution in [2.45, 2.75) is 19.4 Å². The summed E-state index contributed by atoms with van der Waals surface area (Å²) in [5.41, 5.74) is 2.79. The van der Waals surface area contributed by atoms with Gasteiger partial charge in [-0.3, -0.25) is 9.79 Å². The van der Waals surface area contributed by atoms with Crippen LogP contribution in [0.3, 0.4) is 0 Å². The second kappa shape index (κ2) is 7.38. The van der Waals surface area contributed by atoms with E-state index in [2.05, 4.69) is 4.99 Å². The molecule has 1 aliphatic rings. The summed E-state index contributed by atoms with van der Waals surface area (Å²) in [6.45, 7) is 0.381. The second-order valence-corrected chi connectivity index (χ2v) is 6.63. The third-order valence-electron chi connectivity index (χ3n) is 4.85. The molecule has 0 bridgehead atoms. The lowest BCUT2D eigenvalue weighted by molar-refractivity contribution is -0.105. The second-order valence-electron chi connectivity index (χ2n) is 6.63. The highest BCUT2D eigenvalue weighted by Gasteiger charge is 2.18. The van der Waals surface area contributed by atoms with E-state index in [0.717, 1.165) is 41.5 Å². The maximum atomic E-state index is 14.5. The highest BCUT2D eigenvalue weighted by atomic mass is 19.1. The van der Waals surface area contributed by atoms with E-state index in [1.807, 2.05) is 28.8 Å². The maximum absolute atomic E-state index is 14.5. The molecule has 1 aliphatic heterocycles. The number of carbonyl (C=O) groups is 1. The molecule has 0 atom stereocenters. The summed E-state index contributed by atoms with van der Waals surface area (Å²) in [5.74, 6) is -0.333. The van der Waals surface area contributed by atoms with Gasteiger partial charge in [0, 0.05) is 22.2 Å². The fraction of sp³-hybridized carbons (Fsp3) is 0.182. The van der Waals surface area contributed by atoms with Crippen molar-refractivity contribution < 1.29 is 18.3 Å². The number of aromatic nitrogens is 1. The maximum Gasteiger partial charge on any atom is 0.168 e. The molecular formula is C22H18F2N2O2. The molecule has 6 heteroatoms. The Morgan fingerprint density at radius 3 is 2.82 bits per heavy atom. The number of aliphatic imine (C=N–C) groups is 1. The van der Waals surface area contributed by atoms with Crippen LogP contribution in [0.2, 0.25) is 0 Å². The fourth-order valence-corrected chi connectivity index (χ4v) is 3.51. The lowest BCUT2D eigenvalue weighted by Gasteiger charge is -2.15. The molecule has 0 aliphatic carbocycles. The van der Waals surface area contributed by atoms with E-state index >= 15 is 0 Å². The Morgan fingerprint density at radius 2 is 2.04 bits per heavy atom. The van der Waals surface area contributed by atoms with Crippen molar-refractivity contribution in [1.29, 1.82) is 0 Å². The van der Waals surface area contributed by atoms with Crippen LogP contribution in [0.1, 0.15) is 12.8 Å². The van der Waals surface area contributed by atoms with Gasteiger partial charge in [-0.1, -0.05) is 6.08 Å². The van der Waals surface area contributed by atoms with Crippen molar-refractivity contribution >= 4 is 22.9 Å². The standard InChI is InChI=1S/C22H18F2N2O2/c1-28-18-6-8-21-14(9-18)10-22(19-11-15(23)5-7-20(19)24)26(21)12-16-3-2-4-17(13-27)25-16/h4-11,13H,2-3,12H2,1H3. The number of aldehydes is 1. The normalized spacial score (nSPS) is 14.0. The van der Waals surface area contributed by atoms with Crippen molar-refractivity contribution in [1.82, 2.24) is 4.57 Å².